The van der Waals surface area contributed by atoms with E-state index in [1.165, 1.54) is 22.3 Å². The number of carbonyl (C=O) groups excluding carboxylic acids is 3. The van der Waals surface area contributed by atoms with Crippen LogP contribution in [0.5, 0.6) is 0 Å². The summed E-state index contributed by atoms with van der Waals surface area (Å²) in [6, 6.07) is 0. The van der Waals surface area contributed by atoms with Gasteiger partial charge in [-0.3, -0.25) is 19.3 Å². The van der Waals surface area contributed by atoms with E-state index >= 15 is 0 Å². The molecule has 2 bridgehead atoms. The monoisotopic (exact) mass is 369 g/mol. The van der Waals surface area contributed by atoms with Crippen molar-refractivity contribution in [1.82, 2.24) is 4.90 Å². The van der Waals surface area contributed by atoms with Gasteiger partial charge >= 0.3 is 5.97 Å². The number of hydrogen-bond acceptors (Lipinski definition) is 4. The number of imide groups is 1. The Morgan fingerprint density at radius 2 is 1.52 bits per heavy atom. The van der Waals surface area contributed by atoms with Crippen molar-refractivity contribution >= 4 is 17.8 Å². The first-order valence-electron chi connectivity index (χ1n) is 9.72. The second kappa shape index (κ2) is 5.91. The molecule has 1 saturated carbocycles. The number of esters is 1. The van der Waals surface area contributed by atoms with Gasteiger partial charge in [0.2, 0.25) is 11.8 Å². The number of rotatable bonds is 4. The Morgan fingerprint density at radius 1 is 1.04 bits per heavy atom. The fourth-order valence-electron chi connectivity index (χ4n) is 5.41. The van der Waals surface area contributed by atoms with Crippen molar-refractivity contribution in [3.63, 3.8) is 0 Å². The van der Waals surface area contributed by atoms with Gasteiger partial charge in [0, 0.05) is 5.41 Å². The first kappa shape index (κ1) is 18.2. The summed E-state index contributed by atoms with van der Waals surface area (Å²) in [5.74, 6) is -1.15. The molecular weight excluding hydrogens is 342 g/mol. The Labute approximate surface area is 160 Å². The van der Waals surface area contributed by atoms with Gasteiger partial charge in [0.1, 0.15) is 13.2 Å². The van der Waals surface area contributed by atoms with E-state index in [1.807, 2.05) is 0 Å². The summed E-state index contributed by atoms with van der Waals surface area (Å²) in [7, 11) is 0. The Bertz CT molecular complexity index is 792. The van der Waals surface area contributed by atoms with Crippen molar-refractivity contribution in [2.24, 2.45) is 29.1 Å². The molecule has 5 heteroatoms. The summed E-state index contributed by atoms with van der Waals surface area (Å²) in [4.78, 5) is 38.9. The van der Waals surface area contributed by atoms with E-state index in [1.54, 1.807) is 0 Å². The Kier molecular flexibility index (Phi) is 3.99. The van der Waals surface area contributed by atoms with Crippen LogP contribution >= 0.6 is 0 Å². The topological polar surface area (TPSA) is 63.7 Å². The zero-order chi connectivity index (χ0) is 19.7. The van der Waals surface area contributed by atoms with Crippen LogP contribution in [0.25, 0.3) is 0 Å². The van der Waals surface area contributed by atoms with Crippen LogP contribution in [0.2, 0.25) is 0 Å². The number of likely N-dealkylation sites (tertiary alicyclic amines) is 1. The van der Waals surface area contributed by atoms with Crippen molar-refractivity contribution in [2.75, 3.05) is 13.2 Å². The Balaban J connectivity index is 1.41. The molecule has 1 aliphatic heterocycles. The maximum Gasteiger partial charge on any atom is 0.326 e. The van der Waals surface area contributed by atoms with E-state index in [0.717, 1.165) is 11.3 Å². The summed E-state index contributed by atoms with van der Waals surface area (Å²) in [5.41, 5.74) is 4.58. The molecule has 144 valence electrons. The van der Waals surface area contributed by atoms with Gasteiger partial charge in [-0.05, 0) is 64.0 Å². The molecule has 0 radical (unpaired) electrons. The number of ether oxygens (including phenoxy) is 1. The summed E-state index contributed by atoms with van der Waals surface area (Å²) < 4.78 is 5.55. The molecule has 0 spiro atoms. The maximum absolute atomic E-state index is 12.7. The first-order valence-corrected chi connectivity index (χ1v) is 9.72. The quantitative estimate of drug-likeness (QED) is 0.434. The Morgan fingerprint density at radius 3 is 2.00 bits per heavy atom. The molecule has 3 aliphatic carbocycles. The van der Waals surface area contributed by atoms with Crippen LogP contribution in [0, 0.1) is 29.1 Å². The van der Waals surface area contributed by atoms with Crippen LogP contribution in [0.1, 0.15) is 41.0 Å². The predicted molar refractivity (Wildman–Crippen MR) is 100 cm³/mol. The number of amides is 2. The lowest BCUT2D eigenvalue weighted by Gasteiger charge is -2.29. The van der Waals surface area contributed by atoms with Crippen LogP contribution in [0.15, 0.2) is 34.4 Å². The van der Waals surface area contributed by atoms with Gasteiger partial charge in [-0.25, -0.2) is 0 Å². The van der Waals surface area contributed by atoms with Gasteiger partial charge < -0.3 is 4.74 Å². The largest absolute Gasteiger partial charge is 0.463 e. The normalized spacial score (nSPS) is 33.6. The van der Waals surface area contributed by atoms with E-state index < -0.39 is 5.97 Å². The van der Waals surface area contributed by atoms with Crippen LogP contribution in [0.3, 0.4) is 0 Å². The number of carbonyl (C=O) groups is 3. The molecule has 4 rings (SSSR count). The fraction of sp³-hybridized carbons (Fsp3) is 0.591. The van der Waals surface area contributed by atoms with Crippen molar-refractivity contribution in [1.29, 1.82) is 0 Å². The lowest BCUT2D eigenvalue weighted by atomic mass is 9.80. The molecule has 4 aliphatic rings. The van der Waals surface area contributed by atoms with Crippen LogP contribution in [-0.4, -0.2) is 35.8 Å². The van der Waals surface area contributed by atoms with Crippen LogP contribution in [0.4, 0.5) is 0 Å². The number of allylic oxidation sites excluding steroid dienone is 4. The molecule has 1 heterocycles. The number of fused-ring (bicyclic) bond motifs is 5. The van der Waals surface area contributed by atoms with E-state index in [2.05, 4.69) is 46.8 Å². The van der Waals surface area contributed by atoms with E-state index in [0.29, 0.717) is 0 Å². The highest BCUT2D eigenvalue weighted by Gasteiger charge is 2.59. The van der Waals surface area contributed by atoms with E-state index in [4.69, 9.17) is 4.74 Å². The lowest BCUT2D eigenvalue weighted by Crippen LogP contribution is -2.39. The van der Waals surface area contributed by atoms with Crippen molar-refractivity contribution in [2.45, 2.75) is 41.0 Å². The van der Waals surface area contributed by atoms with E-state index in [9.17, 15) is 14.4 Å². The zero-order valence-corrected chi connectivity index (χ0v) is 16.7. The van der Waals surface area contributed by atoms with Gasteiger partial charge in [0.05, 0.1) is 11.8 Å². The van der Waals surface area contributed by atoms with Gasteiger partial charge in [-0.15, -0.1) is 0 Å². The molecule has 0 aromatic heterocycles. The zero-order valence-electron chi connectivity index (χ0n) is 16.7. The van der Waals surface area contributed by atoms with Gasteiger partial charge in [0.25, 0.3) is 0 Å². The minimum Gasteiger partial charge on any atom is -0.463 e. The second-order valence-corrected chi connectivity index (χ2v) is 8.76. The van der Waals surface area contributed by atoms with Gasteiger partial charge in [-0.2, -0.15) is 0 Å². The highest BCUT2D eigenvalue weighted by Crippen LogP contribution is 2.52. The summed E-state index contributed by atoms with van der Waals surface area (Å²) >= 11 is 0. The Hall–Kier alpha value is -2.17. The first-order chi connectivity index (χ1) is 12.7. The third-order valence-electron chi connectivity index (χ3n) is 7.71. The standard InChI is InChI=1S/C22H27NO4/c1-11-12(2)14(4)22(5,13(11)3)10-27-17(24)9-23-20(25)18-15-6-7-16(8-15)19(18)21(23)26/h6-7,15-16,18-19H,8-10H2,1-5H3. The molecule has 4 atom stereocenters. The van der Waals surface area contributed by atoms with Crippen molar-refractivity contribution in [3.8, 4) is 0 Å². The highest BCUT2D eigenvalue weighted by atomic mass is 16.5. The van der Waals surface area contributed by atoms with Crippen molar-refractivity contribution in [3.05, 3.63) is 34.4 Å². The third-order valence-corrected chi connectivity index (χ3v) is 7.71. The molecule has 0 aromatic carbocycles. The third kappa shape index (κ3) is 2.40. The SMILES string of the molecule is CC1=C(C)C(C)(COC(=O)CN2C(=O)C3C4C=CC(C4)C3C2=O)C(C)=C1C. The summed E-state index contributed by atoms with van der Waals surface area (Å²) in [5, 5.41) is 0. The molecule has 0 aromatic rings. The molecule has 2 fully saturated rings. The second-order valence-electron chi connectivity index (χ2n) is 8.76. The minimum atomic E-state index is -0.513. The minimum absolute atomic E-state index is 0.154. The number of nitrogens with zero attached hydrogens (tertiary/aromatic N) is 1. The molecule has 1 saturated heterocycles. The predicted octanol–water partition coefficient (Wildman–Crippen LogP) is 3.03. The average Bonchev–Trinajstić information content (AvgIpc) is 3.35. The molecule has 4 unspecified atom stereocenters. The average molecular weight is 369 g/mol. The fourth-order valence-corrected chi connectivity index (χ4v) is 5.41. The molecular formula is C22H27NO4. The highest BCUT2D eigenvalue weighted by molar-refractivity contribution is 6.08. The molecule has 2 amide bonds. The van der Waals surface area contributed by atoms with E-state index in [-0.39, 0.29) is 54.1 Å². The van der Waals surface area contributed by atoms with Crippen molar-refractivity contribution < 1.29 is 19.1 Å². The molecule has 0 N–H and O–H groups in total. The maximum atomic E-state index is 12.7. The molecule has 27 heavy (non-hydrogen) atoms. The number of hydrogen-bond donors (Lipinski definition) is 0. The van der Waals surface area contributed by atoms with Crippen LogP contribution in [-0.2, 0) is 19.1 Å². The summed E-state index contributed by atoms with van der Waals surface area (Å²) in [6.07, 6.45) is 4.99. The van der Waals surface area contributed by atoms with Gasteiger partial charge in [0.15, 0.2) is 0 Å². The smallest absolute Gasteiger partial charge is 0.326 e. The van der Waals surface area contributed by atoms with Crippen LogP contribution < -0.4 is 0 Å². The summed E-state index contributed by atoms with van der Waals surface area (Å²) in [6.45, 7) is 10.3. The van der Waals surface area contributed by atoms with Gasteiger partial charge in [-0.1, -0.05) is 23.3 Å². The lowest BCUT2D eigenvalue weighted by molar-refractivity contribution is -0.154. The molecule has 5 nitrogen and oxygen atoms in total.